The van der Waals surface area contributed by atoms with Crippen LogP contribution in [-0.2, 0) is 26.9 Å². The smallest absolute Gasteiger partial charge is 0.418 e. The molecule has 0 spiro atoms. The van der Waals surface area contributed by atoms with Crippen molar-refractivity contribution < 1.29 is 32.0 Å². The molecule has 0 aliphatic heterocycles. The zero-order chi connectivity index (χ0) is 22.4. The lowest BCUT2D eigenvalue weighted by Gasteiger charge is -2.16. The molecule has 0 fully saturated rings. The maximum atomic E-state index is 13.0. The first-order chi connectivity index (χ1) is 14.7. The van der Waals surface area contributed by atoms with Crippen LogP contribution in [0.1, 0.15) is 24.8 Å². The molecule has 3 rings (SSSR count). The molecule has 1 N–H and O–H groups in total. The van der Waals surface area contributed by atoms with E-state index in [9.17, 15) is 22.8 Å². The molecule has 2 aromatic heterocycles. The number of carbonyl (C=O) groups excluding carboxylic acids is 2. The lowest BCUT2D eigenvalue weighted by Crippen LogP contribution is -2.30. The molecule has 162 valence electrons. The minimum Gasteiger partial charge on any atom is -0.453 e. The molecule has 3 aromatic rings. The molecule has 0 radical (unpaired) electrons. The minimum absolute atomic E-state index is 0.0594. The molecule has 2 heterocycles. The van der Waals surface area contributed by atoms with E-state index in [0.717, 1.165) is 12.1 Å². The van der Waals surface area contributed by atoms with E-state index in [1.165, 1.54) is 19.1 Å². The Balaban J connectivity index is 1.52. The number of anilines is 1. The number of pyridine rings is 1. The number of esters is 1. The van der Waals surface area contributed by atoms with Gasteiger partial charge in [-0.1, -0.05) is 23.4 Å². The molecule has 31 heavy (non-hydrogen) atoms. The van der Waals surface area contributed by atoms with E-state index in [1.54, 1.807) is 24.4 Å². The van der Waals surface area contributed by atoms with Gasteiger partial charge in [0.15, 0.2) is 6.10 Å². The normalized spacial score (nSPS) is 12.3. The van der Waals surface area contributed by atoms with E-state index < -0.39 is 35.4 Å². The average Bonchev–Trinajstić information content (AvgIpc) is 3.21. The van der Waals surface area contributed by atoms with Gasteiger partial charge in [-0.05, 0) is 31.2 Å². The molecule has 11 heteroatoms. The second kappa shape index (κ2) is 9.37. The summed E-state index contributed by atoms with van der Waals surface area (Å²) in [6.07, 6.45) is -4.48. The number of nitrogens with one attached hydrogen (secondary N) is 1. The van der Waals surface area contributed by atoms with Crippen molar-refractivity contribution in [1.29, 1.82) is 0 Å². The fraction of sp³-hybridized carbons (Fsp3) is 0.250. The van der Waals surface area contributed by atoms with E-state index in [2.05, 4.69) is 20.4 Å². The monoisotopic (exact) mass is 434 g/mol. The Kier molecular flexibility index (Phi) is 6.63. The largest absolute Gasteiger partial charge is 0.453 e. The summed E-state index contributed by atoms with van der Waals surface area (Å²) < 4.78 is 49.1. The fourth-order valence-corrected chi connectivity index (χ4v) is 2.55. The second-order valence-corrected chi connectivity index (χ2v) is 6.39. The summed E-state index contributed by atoms with van der Waals surface area (Å²) >= 11 is 0. The van der Waals surface area contributed by atoms with Gasteiger partial charge in [0.1, 0.15) is 5.69 Å². The van der Waals surface area contributed by atoms with Gasteiger partial charge >= 0.3 is 12.1 Å². The van der Waals surface area contributed by atoms with Gasteiger partial charge in [-0.15, -0.1) is 0 Å². The van der Waals surface area contributed by atoms with Crippen molar-refractivity contribution >= 4 is 17.6 Å². The zero-order valence-electron chi connectivity index (χ0n) is 16.2. The number of aryl methyl sites for hydroxylation is 1. The van der Waals surface area contributed by atoms with Crippen LogP contribution in [0, 0.1) is 0 Å². The van der Waals surface area contributed by atoms with Crippen molar-refractivity contribution in [2.75, 3.05) is 5.32 Å². The molecule has 0 saturated heterocycles. The Labute approximate surface area is 174 Å². The number of nitrogens with zero attached hydrogens (tertiary/aromatic N) is 3. The molecular weight excluding hydrogens is 417 g/mol. The van der Waals surface area contributed by atoms with Gasteiger partial charge in [0, 0.05) is 12.6 Å². The first kappa shape index (κ1) is 21.9. The molecular formula is C20H17F3N4O4. The maximum absolute atomic E-state index is 13.0. The van der Waals surface area contributed by atoms with Crippen molar-refractivity contribution in [3.8, 4) is 11.5 Å². The van der Waals surface area contributed by atoms with Crippen LogP contribution in [0.3, 0.4) is 0 Å². The van der Waals surface area contributed by atoms with Gasteiger partial charge in [0.25, 0.3) is 5.91 Å². The number of hydrogen-bond acceptors (Lipinski definition) is 7. The number of ether oxygens (including phenoxy) is 1. The lowest BCUT2D eigenvalue weighted by molar-refractivity contribution is -0.153. The van der Waals surface area contributed by atoms with E-state index in [4.69, 9.17) is 9.26 Å². The Hall–Kier alpha value is -3.76. The Bertz CT molecular complexity index is 1050. The van der Waals surface area contributed by atoms with Crippen LogP contribution in [-0.4, -0.2) is 33.1 Å². The van der Waals surface area contributed by atoms with Gasteiger partial charge in [-0.25, -0.2) is 0 Å². The standard InChI is InChI=1S/C20H17F3N4O4/c1-12(19(29)25-14-7-3-2-6-13(14)20(21,22)23)30-17(28)10-9-16-26-18(27-31-16)15-8-4-5-11-24-15/h2-8,11-12H,9-10H2,1H3,(H,25,29). The molecule has 0 saturated carbocycles. The number of alkyl halides is 3. The molecule has 1 unspecified atom stereocenters. The number of benzene rings is 1. The minimum atomic E-state index is -4.64. The quantitative estimate of drug-likeness (QED) is 0.566. The van der Waals surface area contributed by atoms with E-state index in [-0.39, 0.29) is 24.6 Å². The number of rotatable bonds is 7. The third kappa shape index (κ3) is 5.87. The topological polar surface area (TPSA) is 107 Å². The highest BCUT2D eigenvalue weighted by molar-refractivity contribution is 5.95. The van der Waals surface area contributed by atoms with Crippen LogP contribution in [0.2, 0.25) is 0 Å². The van der Waals surface area contributed by atoms with Crippen LogP contribution in [0.25, 0.3) is 11.5 Å². The molecule has 1 amide bonds. The summed E-state index contributed by atoms with van der Waals surface area (Å²) in [7, 11) is 0. The van der Waals surface area contributed by atoms with Gasteiger partial charge in [0.05, 0.1) is 17.7 Å². The zero-order valence-corrected chi connectivity index (χ0v) is 16.2. The lowest BCUT2D eigenvalue weighted by atomic mass is 10.1. The van der Waals surface area contributed by atoms with Gasteiger partial charge < -0.3 is 14.6 Å². The van der Waals surface area contributed by atoms with Crippen LogP contribution in [0.5, 0.6) is 0 Å². The van der Waals surface area contributed by atoms with Crippen molar-refractivity contribution in [3.05, 3.63) is 60.1 Å². The molecule has 1 atom stereocenters. The summed E-state index contributed by atoms with van der Waals surface area (Å²) in [5.74, 6) is -1.20. The van der Waals surface area contributed by atoms with Gasteiger partial charge in [-0.2, -0.15) is 18.2 Å². The summed E-state index contributed by atoms with van der Waals surface area (Å²) in [5, 5.41) is 5.91. The predicted octanol–water partition coefficient (Wildman–Crippen LogP) is 3.65. The predicted molar refractivity (Wildman–Crippen MR) is 101 cm³/mol. The van der Waals surface area contributed by atoms with Crippen molar-refractivity contribution in [2.24, 2.45) is 0 Å². The number of hydrogen-bond donors (Lipinski definition) is 1. The third-order valence-electron chi connectivity index (χ3n) is 4.07. The van der Waals surface area contributed by atoms with E-state index in [0.29, 0.717) is 5.69 Å². The number of carbonyl (C=O) groups is 2. The average molecular weight is 434 g/mol. The molecule has 8 nitrogen and oxygen atoms in total. The van der Waals surface area contributed by atoms with E-state index in [1.807, 2.05) is 0 Å². The number of aromatic nitrogens is 3. The van der Waals surface area contributed by atoms with Crippen LogP contribution < -0.4 is 5.32 Å². The summed E-state index contributed by atoms with van der Waals surface area (Å²) in [6, 6.07) is 9.71. The number of amides is 1. The van der Waals surface area contributed by atoms with Crippen LogP contribution in [0.4, 0.5) is 18.9 Å². The Morgan fingerprint density at radius 3 is 2.61 bits per heavy atom. The highest BCUT2D eigenvalue weighted by Gasteiger charge is 2.34. The first-order valence-corrected chi connectivity index (χ1v) is 9.14. The van der Waals surface area contributed by atoms with Crippen LogP contribution >= 0.6 is 0 Å². The molecule has 0 bridgehead atoms. The Morgan fingerprint density at radius 1 is 1.16 bits per heavy atom. The molecule has 1 aromatic carbocycles. The highest BCUT2D eigenvalue weighted by Crippen LogP contribution is 2.34. The molecule has 0 aliphatic carbocycles. The summed E-state index contributed by atoms with van der Waals surface area (Å²) in [6.45, 7) is 1.26. The molecule has 0 aliphatic rings. The van der Waals surface area contributed by atoms with Crippen LogP contribution in [0.15, 0.2) is 53.2 Å². The van der Waals surface area contributed by atoms with Gasteiger partial charge in [-0.3, -0.25) is 14.6 Å². The second-order valence-electron chi connectivity index (χ2n) is 6.39. The van der Waals surface area contributed by atoms with Crippen molar-refractivity contribution in [3.63, 3.8) is 0 Å². The Morgan fingerprint density at radius 2 is 1.90 bits per heavy atom. The first-order valence-electron chi connectivity index (χ1n) is 9.14. The maximum Gasteiger partial charge on any atom is 0.418 e. The summed E-state index contributed by atoms with van der Waals surface area (Å²) in [4.78, 5) is 32.4. The SMILES string of the molecule is CC(OC(=O)CCc1nc(-c2ccccn2)no1)C(=O)Nc1ccccc1C(F)(F)F. The number of para-hydroxylation sites is 1. The number of halogens is 3. The highest BCUT2D eigenvalue weighted by atomic mass is 19.4. The summed E-state index contributed by atoms with van der Waals surface area (Å²) in [5.41, 5.74) is -0.915. The van der Waals surface area contributed by atoms with Crippen molar-refractivity contribution in [1.82, 2.24) is 15.1 Å². The van der Waals surface area contributed by atoms with E-state index >= 15 is 0 Å². The van der Waals surface area contributed by atoms with Gasteiger partial charge in [0.2, 0.25) is 11.7 Å². The van der Waals surface area contributed by atoms with Crippen molar-refractivity contribution in [2.45, 2.75) is 32.0 Å². The third-order valence-corrected chi connectivity index (χ3v) is 4.07. The fourth-order valence-electron chi connectivity index (χ4n) is 2.55.